The average molecular weight is 364 g/mol. The molecule has 0 aromatic heterocycles. The molecule has 26 heavy (non-hydrogen) atoms. The number of rotatable bonds is 5. The Morgan fingerprint density at radius 2 is 1.62 bits per heavy atom. The van der Waals surface area contributed by atoms with Crippen LogP contribution in [0.2, 0.25) is 0 Å². The minimum atomic E-state index is -1.69. The van der Waals surface area contributed by atoms with Crippen molar-refractivity contribution in [3.05, 3.63) is 65.5 Å². The van der Waals surface area contributed by atoms with Crippen molar-refractivity contribution in [3.63, 3.8) is 0 Å². The van der Waals surface area contributed by atoms with Gasteiger partial charge < -0.3 is 10.2 Å². The molecule has 0 saturated carbocycles. The number of amides is 2. The predicted octanol–water partition coefficient (Wildman–Crippen LogP) is 3.73. The van der Waals surface area contributed by atoms with Crippen molar-refractivity contribution in [2.24, 2.45) is 5.41 Å². The van der Waals surface area contributed by atoms with Crippen LogP contribution in [0.1, 0.15) is 19.4 Å². The summed E-state index contributed by atoms with van der Waals surface area (Å²) in [6.45, 7) is 3.05. The molecule has 0 fully saturated rings. The highest BCUT2D eigenvalue weighted by Crippen LogP contribution is 2.25. The highest BCUT2D eigenvalue weighted by molar-refractivity contribution is 6.09. The van der Waals surface area contributed by atoms with Crippen molar-refractivity contribution in [2.75, 3.05) is 12.4 Å². The first-order chi connectivity index (χ1) is 12.1. The number of hydrogen-bond acceptors (Lipinski definition) is 2. The summed E-state index contributed by atoms with van der Waals surface area (Å²) < 4.78 is 40.0. The SMILES string of the molecule is CN(Cc1ccccc1)C(=O)C(C)(C)C(=O)Nc1ccc(F)c(F)c1F. The molecule has 0 aliphatic heterocycles. The van der Waals surface area contributed by atoms with Gasteiger partial charge in [-0.05, 0) is 31.5 Å². The van der Waals surface area contributed by atoms with E-state index in [4.69, 9.17) is 0 Å². The molecule has 0 radical (unpaired) electrons. The van der Waals surface area contributed by atoms with Gasteiger partial charge in [0.1, 0.15) is 5.41 Å². The third-order valence-corrected chi connectivity index (χ3v) is 3.99. The standard InChI is InChI=1S/C19H19F3N2O2/c1-19(2,18(26)24(3)11-12-7-5-4-6-8-12)17(25)23-14-10-9-13(20)15(21)16(14)22/h4-10H,11H2,1-3H3,(H,23,25). The topological polar surface area (TPSA) is 49.4 Å². The Kier molecular flexibility index (Phi) is 5.69. The minimum absolute atomic E-state index is 0.288. The van der Waals surface area contributed by atoms with Crippen molar-refractivity contribution < 1.29 is 22.8 Å². The van der Waals surface area contributed by atoms with Gasteiger partial charge in [-0.2, -0.15) is 0 Å². The Hall–Kier alpha value is -2.83. The summed E-state index contributed by atoms with van der Waals surface area (Å²) in [5, 5.41) is 2.15. The summed E-state index contributed by atoms with van der Waals surface area (Å²) in [6.07, 6.45) is 0. The molecule has 0 atom stereocenters. The third-order valence-electron chi connectivity index (χ3n) is 3.99. The van der Waals surface area contributed by atoms with Gasteiger partial charge >= 0.3 is 0 Å². The molecule has 2 rings (SSSR count). The van der Waals surface area contributed by atoms with E-state index in [0.717, 1.165) is 11.6 Å². The molecule has 0 spiro atoms. The summed E-state index contributed by atoms with van der Waals surface area (Å²) in [5.74, 6) is -5.89. The number of nitrogens with one attached hydrogen (secondary N) is 1. The molecule has 0 bridgehead atoms. The van der Waals surface area contributed by atoms with Crippen LogP contribution in [0.25, 0.3) is 0 Å². The van der Waals surface area contributed by atoms with Crippen molar-refractivity contribution in [3.8, 4) is 0 Å². The third kappa shape index (κ3) is 4.04. The number of nitrogens with zero attached hydrogens (tertiary/aromatic N) is 1. The van der Waals surface area contributed by atoms with Crippen LogP contribution < -0.4 is 5.32 Å². The zero-order valence-electron chi connectivity index (χ0n) is 14.6. The van der Waals surface area contributed by atoms with E-state index >= 15 is 0 Å². The second-order valence-electron chi connectivity index (χ2n) is 6.45. The van der Waals surface area contributed by atoms with Gasteiger partial charge in [0.15, 0.2) is 17.5 Å². The molecule has 0 saturated heterocycles. The highest BCUT2D eigenvalue weighted by atomic mass is 19.2. The van der Waals surface area contributed by atoms with Gasteiger partial charge in [0, 0.05) is 13.6 Å². The summed E-state index contributed by atoms with van der Waals surface area (Å²) in [7, 11) is 1.54. The van der Waals surface area contributed by atoms with E-state index in [0.29, 0.717) is 6.07 Å². The molecule has 0 heterocycles. The fourth-order valence-corrected chi connectivity index (χ4v) is 2.40. The summed E-state index contributed by atoms with van der Waals surface area (Å²) in [4.78, 5) is 26.5. The van der Waals surface area contributed by atoms with Crippen molar-refractivity contribution in [1.29, 1.82) is 0 Å². The Morgan fingerprint density at radius 1 is 1.00 bits per heavy atom. The van der Waals surface area contributed by atoms with Gasteiger partial charge in [0.2, 0.25) is 11.8 Å². The van der Waals surface area contributed by atoms with Crippen LogP contribution in [0.5, 0.6) is 0 Å². The van der Waals surface area contributed by atoms with E-state index in [2.05, 4.69) is 5.32 Å². The molecule has 138 valence electrons. The van der Waals surface area contributed by atoms with Crippen LogP contribution in [-0.4, -0.2) is 23.8 Å². The van der Waals surface area contributed by atoms with Gasteiger partial charge in [-0.15, -0.1) is 0 Å². The number of anilines is 1. The molecular formula is C19H19F3N2O2. The smallest absolute Gasteiger partial charge is 0.239 e. The molecule has 0 unspecified atom stereocenters. The monoisotopic (exact) mass is 364 g/mol. The zero-order valence-corrected chi connectivity index (χ0v) is 14.6. The van der Waals surface area contributed by atoms with E-state index in [-0.39, 0.29) is 6.54 Å². The average Bonchev–Trinajstić information content (AvgIpc) is 2.62. The quantitative estimate of drug-likeness (QED) is 0.649. The van der Waals surface area contributed by atoms with E-state index in [1.165, 1.54) is 18.7 Å². The molecule has 0 aliphatic rings. The van der Waals surface area contributed by atoms with E-state index in [1.807, 2.05) is 30.3 Å². The fraction of sp³-hybridized carbons (Fsp3) is 0.263. The molecule has 7 heteroatoms. The lowest BCUT2D eigenvalue weighted by Crippen LogP contribution is -2.45. The number of hydrogen-bond donors (Lipinski definition) is 1. The molecule has 2 amide bonds. The molecule has 4 nitrogen and oxygen atoms in total. The number of carbonyl (C=O) groups is 2. The van der Waals surface area contributed by atoms with Crippen LogP contribution in [0.3, 0.4) is 0 Å². The largest absolute Gasteiger partial charge is 0.341 e. The predicted molar refractivity (Wildman–Crippen MR) is 91.6 cm³/mol. The van der Waals surface area contributed by atoms with Gasteiger partial charge in [-0.25, -0.2) is 13.2 Å². The van der Waals surface area contributed by atoms with Gasteiger partial charge in [0.05, 0.1) is 5.69 Å². The summed E-state index contributed by atoms with van der Waals surface area (Å²) in [6, 6.07) is 10.8. The first-order valence-corrected chi connectivity index (χ1v) is 7.89. The van der Waals surface area contributed by atoms with Gasteiger partial charge in [-0.3, -0.25) is 9.59 Å². The van der Waals surface area contributed by atoms with Crippen molar-refractivity contribution >= 4 is 17.5 Å². The van der Waals surface area contributed by atoms with Crippen LogP contribution >= 0.6 is 0 Å². The molecule has 2 aromatic carbocycles. The first kappa shape index (κ1) is 19.5. The summed E-state index contributed by atoms with van der Waals surface area (Å²) >= 11 is 0. The first-order valence-electron chi connectivity index (χ1n) is 7.89. The molecular weight excluding hydrogens is 345 g/mol. The Bertz CT molecular complexity index is 823. The molecule has 2 aromatic rings. The van der Waals surface area contributed by atoms with Gasteiger partial charge in [-0.1, -0.05) is 30.3 Å². The summed E-state index contributed by atoms with van der Waals surface area (Å²) in [5.41, 5.74) is -1.19. The maximum absolute atomic E-state index is 13.7. The Labute approximate surface area is 149 Å². The van der Waals surface area contributed by atoms with E-state index < -0.39 is 40.4 Å². The Balaban J connectivity index is 2.13. The van der Waals surface area contributed by atoms with Crippen LogP contribution in [0.15, 0.2) is 42.5 Å². The lowest BCUT2D eigenvalue weighted by Gasteiger charge is -2.28. The normalized spacial score (nSPS) is 11.2. The number of carbonyl (C=O) groups excluding carboxylic acids is 2. The highest BCUT2D eigenvalue weighted by Gasteiger charge is 2.38. The Morgan fingerprint density at radius 3 is 2.23 bits per heavy atom. The van der Waals surface area contributed by atoms with Crippen LogP contribution in [0.4, 0.5) is 18.9 Å². The zero-order chi connectivity index (χ0) is 19.5. The second-order valence-corrected chi connectivity index (χ2v) is 6.45. The van der Waals surface area contributed by atoms with Crippen LogP contribution in [-0.2, 0) is 16.1 Å². The maximum atomic E-state index is 13.7. The molecule has 1 N–H and O–H groups in total. The van der Waals surface area contributed by atoms with Crippen LogP contribution in [0, 0.1) is 22.9 Å². The second kappa shape index (κ2) is 7.59. The number of halogens is 3. The van der Waals surface area contributed by atoms with Crippen molar-refractivity contribution in [2.45, 2.75) is 20.4 Å². The van der Waals surface area contributed by atoms with E-state index in [1.54, 1.807) is 7.05 Å². The fourth-order valence-electron chi connectivity index (χ4n) is 2.40. The lowest BCUT2D eigenvalue weighted by atomic mass is 9.90. The lowest BCUT2D eigenvalue weighted by molar-refractivity contribution is -0.145. The maximum Gasteiger partial charge on any atom is 0.239 e. The number of benzene rings is 2. The van der Waals surface area contributed by atoms with Crippen molar-refractivity contribution in [1.82, 2.24) is 4.90 Å². The van der Waals surface area contributed by atoms with Gasteiger partial charge in [0.25, 0.3) is 0 Å². The molecule has 0 aliphatic carbocycles. The van der Waals surface area contributed by atoms with E-state index in [9.17, 15) is 22.8 Å². The minimum Gasteiger partial charge on any atom is -0.341 e.